The molecule has 0 spiro atoms. The van der Waals surface area contributed by atoms with Crippen LogP contribution in [0.1, 0.15) is 32.7 Å². The minimum absolute atomic E-state index is 0.0406. The first-order chi connectivity index (χ1) is 21.5. The lowest BCUT2D eigenvalue weighted by molar-refractivity contribution is -0.128. The molecular weight excluding hydrogens is 603 g/mol. The van der Waals surface area contributed by atoms with Gasteiger partial charge in [0.2, 0.25) is 0 Å². The molecule has 0 atom stereocenters. The zero-order chi connectivity index (χ0) is 32.4. The molecule has 2 N–H and O–H groups in total. The highest BCUT2D eigenvalue weighted by molar-refractivity contribution is 8.27. The molecule has 0 bridgehead atoms. The Balaban J connectivity index is 1.54. The molecule has 0 aliphatic carbocycles. The quantitative estimate of drug-likeness (QED) is 0.152. The Morgan fingerprint density at radius 1 is 1.09 bits per heavy atom. The van der Waals surface area contributed by atoms with Crippen LogP contribution in [0.3, 0.4) is 0 Å². The van der Waals surface area contributed by atoms with Gasteiger partial charge in [-0.3, -0.25) is 4.79 Å². The number of nitrogens with zero attached hydrogens (tertiary/aromatic N) is 1. The number of halogens is 3. The van der Waals surface area contributed by atoms with Crippen molar-refractivity contribution in [2.45, 2.75) is 30.5 Å². The molecular formula is C34H30F3N3O4S. The lowest BCUT2D eigenvalue weighted by Crippen LogP contribution is -2.23. The zero-order valence-corrected chi connectivity index (χ0v) is 25.7. The van der Waals surface area contributed by atoms with Crippen molar-refractivity contribution >= 4 is 42.5 Å². The first kappa shape index (κ1) is 31.7. The first-order valence-corrected chi connectivity index (χ1v) is 16.0. The number of benzene rings is 3. The number of alkyl halides is 3. The third kappa shape index (κ3) is 6.28. The molecule has 7 nitrogen and oxygen atoms in total. The number of carbonyl (C=O) groups is 1. The van der Waals surface area contributed by atoms with E-state index in [2.05, 4.69) is 22.5 Å². The molecule has 5 rings (SSSR count). The second-order valence-electron chi connectivity index (χ2n) is 10.7. The van der Waals surface area contributed by atoms with E-state index in [0.717, 1.165) is 25.1 Å². The molecule has 0 unspecified atom stereocenters. The summed E-state index contributed by atoms with van der Waals surface area (Å²) >= 11 is 0. The summed E-state index contributed by atoms with van der Waals surface area (Å²) in [6, 6.07) is 14.3. The molecule has 1 aliphatic heterocycles. The number of fused-ring (bicyclic) bond motifs is 2. The fourth-order valence-electron chi connectivity index (χ4n) is 5.64. The minimum atomic E-state index is -4.50. The fraction of sp³-hybridized carbons (Fsp3) is 0.265. The predicted octanol–water partition coefficient (Wildman–Crippen LogP) is 5.81. The maximum absolute atomic E-state index is 13.8. The molecule has 0 amide bonds. The molecule has 1 aliphatic rings. The largest absolute Gasteiger partial charge is 0.495 e. The summed E-state index contributed by atoms with van der Waals surface area (Å²) in [5.41, 5.74) is 5.19. The molecule has 4 aromatic rings. The van der Waals surface area contributed by atoms with Crippen LogP contribution in [-0.2, 0) is 36.0 Å². The Bertz CT molecular complexity index is 2050. The Labute approximate surface area is 258 Å². The number of aromatic nitrogens is 1. The van der Waals surface area contributed by atoms with E-state index in [0.29, 0.717) is 44.6 Å². The smallest absolute Gasteiger partial charge is 0.394 e. The third-order valence-corrected chi connectivity index (χ3v) is 9.83. The number of carbonyl (C=O) groups excluding carboxylic acids is 3. The number of aldehydes is 1. The van der Waals surface area contributed by atoms with Gasteiger partial charge < -0.3 is 19.9 Å². The SMILES string of the molecule is COc1cc(S(C)(=C=O)=C=O)ccc1NCC#Cc1c(CC(F)(F)F)n(C)c2c(C=O)c(-c3ccc4c(c3)CCNC4)ccc12. The van der Waals surface area contributed by atoms with Crippen molar-refractivity contribution < 1.29 is 32.3 Å². The van der Waals surface area contributed by atoms with Gasteiger partial charge in [0, 0.05) is 35.1 Å². The van der Waals surface area contributed by atoms with Crippen molar-refractivity contribution in [3.63, 3.8) is 0 Å². The van der Waals surface area contributed by atoms with Crippen LogP contribution in [-0.4, -0.2) is 54.0 Å². The van der Waals surface area contributed by atoms with Crippen molar-refractivity contribution in [2.75, 3.05) is 31.8 Å². The maximum Gasteiger partial charge on any atom is 0.394 e. The van der Waals surface area contributed by atoms with E-state index in [4.69, 9.17) is 4.74 Å². The Morgan fingerprint density at radius 3 is 2.56 bits per heavy atom. The topological polar surface area (TPSA) is 89.4 Å². The number of aryl methyl sites for hydroxylation is 1. The molecule has 1 aromatic heterocycles. The van der Waals surface area contributed by atoms with Gasteiger partial charge in [-0.05, 0) is 68.9 Å². The number of anilines is 1. The Hall–Kier alpha value is -4.71. The minimum Gasteiger partial charge on any atom is -0.495 e. The van der Waals surface area contributed by atoms with Gasteiger partial charge in [0.1, 0.15) is 5.75 Å². The molecule has 2 heterocycles. The van der Waals surface area contributed by atoms with Crippen molar-refractivity contribution in [3.8, 4) is 28.7 Å². The average molecular weight is 634 g/mol. The number of hydrogen-bond donors (Lipinski definition) is 2. The van der Waals surface area contributed by atoms with E-state index < -0.39 is 21.8 Å². The number of rotatable bonds is 7. The monoisotopic (exact) mass is 633 g/mol. The molecule has 0 saturated heterocycles. The number of nitrogens with one attached hydrogen (secondary N) is 2. The van der Waals surface area contributed by atoms with Crippen LogP contribution in [0.5, 0.6) is 5.75 Å². The summed E-state index contributed by atoms with van der Waals surface area (Å²) in [6.07, 6.45) is -2.71. The van der Waals surface area contributed by atoms with Crippen LogP contribution in [0, 0.1) is 11.8 Å². The van der Waals surface area contributed by atoms with E-state index in [9.17, 15) is 27.6 Å². The summed E-state index contributed by atoms with van der Waals surface area (Å²) < 4.78 is 48.1. The second-order valence-corrected chi connectivity index (χ2v) is 13.4. The molecule has 45 heavy (non-hydrogen) atoms. The summed E-state index contributed by atoms with van der Waals surface area (Å²) in [6.45, 7) is 1.66. The van der Waals surface area contributed by atoms with Crippen LogP contribution < -0.4 is 15.4 Å². The van der Waals surface area contributed by atoms with Crippen LogP contribution in [0.4, 0.5) is 18.9 Å². The van der Waals surface area contributed by atoms with E-state index in [-0.39, 0.29) is 17.8 Å². The lowest BCUT2D eigenvalue weighted by atomic mass is 9.92. The highest BCUT2D eigenvalue weighted by Gasteiger charge is 2.32. The molecule has 11 heteroatoms. The van der Waals surface area contributed by atoms with Crippen LogP contribution in [0.2, 0.25) is 0 Å². The van der Waals surface area contributed by atoms with Crippen molar-refractivity contribution in [1.29, 1.82) is 0 Å². The normalized spacial score (nSPS) is 12.8. The average Bonchev–Trinajstić information content (AvgIpc) is 3.30. The summed E-state index contributed by atoms with van der Waals surface area (Å²) in [7, 11) is 0.412. The number of ether oxygens (including phenoxy) is 1. The van der Waals surface area contributed by atoms with E-state index in [1.807, 2.05) is 18.2 Å². The van der Waals surface area contributed by atoms with Gasteiger partial charge in [0.05, 0.1) is 36.8 Å². The first-order valence-electron chi connectivity index (χ1n) is 14.0. The number of methoxy groups -OCH3 is 1. The number of hydrogen-bond acceptors (Lipinski definition) is 6. The maximum atomic E-state index is 13.8. The lowest BCUT2D eigenvalue weighted by Gasteiger charge is -2.18. The molecule has 3 aromatic carbocycles. The summed E-state index contributed by atoms with van der Waals surface area (Å²) in [5.74, 6) is 6.17. The van der Waals surface area contributed by atoms with Crippen molar-refractivity contribution in [1.82, 2.24) is 9.88 Å². The Kier molecular flexibility index (Phi) is 8.96. The third-order valence-electron chi connectivity index (χ3n) is 7.96. The second kappa shape index (κ2) is 12.7. The van der Waals surface area contributed by atoms with Gasteiger partial charge in [-0.25, -0.2) is 9.59 Å². The van der Waals surface area contributed by atoms with Crippen molar-refractivity contribution in [2.24, 2.45) is 7.05 Å². The van der Waals surface area contributed by atoms with Gasteiger partial charge in [0.15, 0.2) is 16.8 Å². The van der Waals surface area contributed by atoms with Gasteiger partial charge in [-0.1, -0.05) is 42.2 Å². The molecule has 0 radical (unpaired) electrons. The fourth-order valence-corrected chi connectivity index (χ4v) is 6.55. The van der Waals surface area contributed by atoms with Crippen LogP contribution in [0.15, 0.2) is 53.4 Å². The highest BCUT2D eigenvalue weighted by Crippen LogP contribution is 2.37. The Morgan fingerprint density at radius 2 is 1.87 bits per heavy atom. The molecule has 0 fully saturated rings. The van der Waals surface area contributed by atoms with Gasteiger partial charge in [-0.2, -0.15) is 13.2 Å². The molecule has 0 saturated carbocycles. The predicted molar refractivity (Wildman–Crippen MR) is 170 cm³/mol. The van der Waals surface area contributed by atoms with Crippen LogP contribution in [0.25, 0.3) is 22.0 Å². The van der Waals surface area contributed by atoms with Gasteiger partial charge in [0.25, 0.3) is 0 Å². The van der Waals surface area contributed by atoms with Gasteiger partial charge >= 0.3 is 6.18 Å². The summed E-state index contributed by atoms with van der Waals surface area (Å²) in [4.78, 5) is 35.7. The van der Waals surface area contributed by atoms with E-state index in [1.165, 1.54) is 36.1 Å². The standard InChI is InChI=1S/C34H30F3N3O4S/c1-40-31(17-34(35,36)37)27(5-4-13-39-30-11-8-25(16-32(30)44-2)45(3,20-42)21-43)28-10-9-26(29(19-41)33(28)40)23-6-7-24-18-38-14-12-22(24)15-23/h6-11,15-16,19,38-39H,12-14,17-18H2,1-3H3. The van der Waals surface area contributed by atoms with Gasteiger partial charge in [-0.15, -0.1) is 0 Å². The van der Waals surface area contributed by atoms with Crippen molar-refractivity contribution in [3.05, 3.63) is 76.5 Å². The van der Waals surface area contributed by atoms with E-state index in [1.54, 1.807) is 40.8 Å². The van der Waals surface area contributed by atoms with E-state index >= 15 is 0 Å². The molecule has 232 valence electrons. The van der Waals surface area contributed by atoms with Crippen LogP contribution >= 0.6 is 9.21 Å². The zero-order valence-electron chi connectivity index (χ0n) is 24.9. The summed E-state index contributed by atoms with van der Waals surface area (Å²) in [5, 5.41) is 10.4. The highest BCUT2D eigenvalue weighted by atomic mass is 32.2.